The Hall–Kier alpha value is -2.80. The summed E-state index contributed by atoms with van der Waals surface area (Å²) in [6.45, 7) is 0.156. The van der Waals surface area contributed by atoms with Crippen LogP contribution >= 0.6 is 0 Å². The Bertz CT molecular complexity index is 891. The summed E-state index contributed by atoms with van der Waals surface area (Å²) in [6, 6.07) is 15.1. The highest BCUT2D eigenvalue weighted by atomic mass is 19.4. The van der Waals surface area contributed by atoms with Crippen molar-refractivity contribution >= 4 is 12.0 Å². The van der Waals surface area contributed by atoms with E-state index in [1.54, 1.807) is 11.0 Å². The van der Waals surface area contributed by atoms with Crippen LogP contribution in [-0.4, -0.2) is 29.5 Å². The summed E-state index contributed by atoms with van der Waals surface area (Å²) < 4.78 is 47.6. The number of amides is 1. The van der Waals surface area contributed by atoms with Gasteiger partial charge in [-0.15, -0.1) is 13.2 Å². The first-order valence-corrected chi connectivity index (χ1v) is 8.90. The third kappa shape index (κ3) is 3.75. The molecule has 2 aromatic carbocycles. The van der Waals surface area contributed by atoms with E-state index in [2.05, 4.69) is 4.74 Å². The number of rotatable bonds is 4. The summed E-state index contributed by atoms with van der Waals surface area (Å²) in [6.07, 6.45) is -0.444. The topological polar surface area (TPSA) is 38.8 Å². The number of hydrogen-bond donors (Lipinski definition) is 0. The molecule has 146 valence electrons. The van der Waals surface area contributed by atoms with Crippen molar-refractivity contribution in [2.45, 2.75) is 30.8 Å². The fourth-order valence-corrected chi connectivity index (χ4v) is 3.58. The van der Waals surface area contributed by atoms with Gasteiger partial charge in [-0.25, -0.2) is 0 Å². The predicted octanol–water partition coefficient (Wildman–Crippen LogP) is 4.69. The number of alkyl halides is 3. The number of para-hydroxylation sites is 1. The number of hydrogen-bond acceptors (Lipinski definition) is 3. The molecule has 0 radical (unpaired) electrons. The average Bonchev–Trinajstić information content (AvgIpc) is 3.33. The standard InChI is InChI=1S/C21H18F3NO3/c22-21(23,24)28-17-9-5-4-6-15(17)10-11-18(26)25-14-27-20(12-13-20)19(25)16-7-2-1-3-8-16/h1-11,19H,12-14H2/b11-10+/t19-/m0/s1. The van der Waals surface area contributed by atoms with Crippen LogP contribution in [0.25, 0.3) is 6.08 Å². The van der Waals surface area contributed by atoms with Crippen molar-refractivity contribution in [2.75, 3.05) is 6.73 Å². The van der Waals surface area contributed by atoms with Gasteiger partial charge in [-0.2, -0.15) is 0 Å². The summed E-state index contributed by atoms with van der Waals surface area (Å²) >= 11 is 0. The zero-order chi connectivity index (χ0) is 19.8. The average molecular weight is 389 g/mol. The molecule has 1 saturated heterocycles. The molecule has 2 aromatic rings. The lowest BCUT2D eigenvalue weighted by molar-refractivity contribution is -0.274. The fraction of sp³-hybridized carbons (Fsp3) is 0.286. The van der Waals surface area contributed by atoms with Crippen LogP contribution in [-0.2, 0) is 9.53 Å². The lowest BCUT2D eigenvalue weighted by atomic mass is 9.99. The minimum Gasteiger partial charge on any atom is -0.405 e. The number of halogens is 3. The second kappa shape index (κ2) is 6.98. The zero-order valence-corrected chi connectivity index (χ0v) is 14.9. The van der Waals surface area contributed by atoms with Crippen LogP contribution in [0.3, 0.4) is 0 Å². The van der Waals surface area contributed by atoms with E-state index in [4.69, 9.17) is 4.74 Å². The lowest BCUT2D eigenvalue weighted by Gasteiger charge is -2.25. The molecule has 1 spiro atoms. The first-order valence-electron chi connectivity index (χ1n) is 8.90. The van der Waals surface area contributed by atoms with E-state index in [1.165, 1.54) is 30.4 Å². The molecular formula is C21H18F3NO3. The molecule has 4 nitrogen and oxygen atoms in total. The molecule has 1 aliphatic heterocycles. The molecule has 1 aliphatic carbocycles. The molecule has 28 heavy (non-hydrogen) atoms. The Morgan fingerprint density at radius 1 is 1.11 bits per heavy atom. The van der Waals surface area contributed by atoms with Gasteiger partial charge in [-0.3, -0.25) is 4.79 Å². The third-order valence-corrected chi connectivity index (χ3v) is 4.99. The van der Waals surface area contributed by atoms with Gasteiger partial charge in [0.1, 0.15) is 12.5 Å². The van der Waals surface area contributed by atoms with Gasteiger partial charge in [0.15, 0.2) is 0 Å². The normalized spacial score (nSPS) is 20.7. The van der Waals surface area contributed by atoms with Crippen LogP contribution < -0.4 is 4.74 Å². The van der Waals surface area contributed by atoms with Crippen molar-refractivity contribution in [1.82, 2.24) is 4.90 Å². The smallest absolute Gasteiger partial charge is 0.405 e. The Morgan fingerprint density at radius 3 is 2.46 bits per heavy atom. The van der Waals surface area contributed by atoms with E-state index in [-0.39, 0.29) is 35.6 Å². The van der Waals surface area contributed by atoms with Gasteiger partial charge >= 0.3 is 6.36 Å². The van der Waals surface area contributed by atoms with Gasteiger partial charge in [-0.1, -0.05) is 48.5 Å². The first kappa shape index (κ1) is 18.6. The summed E-state index contributed by atoms with van der Waals surface area (Å²) in [5.41, 5.74) is 0.813. The van der Waals surface area contributed by atoms with Gasteiger partial charge in [-0.05, 0) is 30.5 Å². The lowest BCUT2D eigenvalue weighted by Crippen LogP contribution is -2.32. The molecule has 0 aromatic heterocycles. The fourth-order valence-electron chi connectivity index (χ4n) is 3.58. The molecule has 4 rings (SSSR count). The zero-order valence-electron chi connectivity index (χ0n) is 14.9. The number of carbonyl (C=O) groups excluding carboxylic acids is 1. The summed E-state index contributed by atoms with van der Waals surface area (Å²) in [7, 11) is 0. The molecule has 1 saturated carbocycles. The largest absolute Gasteiger partial charge is 0.573 e. The Kier molecular flexibility index (Phi) is 4.63. The highest BCUT2D eigenvalue weighted by Crippen LogP contribution is 2.55. The van der Waals surface area contributed by atoms with E-state index >= 15 is 0 Å². The maximum absolute atomic E-state index is 12.8. The van der Waals surface area contributed by atoms with E-state index in [9.17, 15) is 18.0 Å². The SMILES string of the molecule is O=C(/C=C/c1ccccc1OC(F)(F)F)N1COC2(CC2)[C@@H]1c1ccccc1. The Labute approximate surface area is 160 Å². The number of nitrogens with zero attached hydrogens (tertiary/aromatic N) is 1. The van der Waals surface area contributed by atoms with Crippen molar-refractivity contribution in [3.8, 4) is 5.75 Å². The van der Waals surface area contributed by atoms with Crippen LogP contribution in [0.15, 0.2) is 60.7 Å². The first-order chi connectivity index (χ1) is 13.4. The van der Waals surface area contributed by atoms with E-state index in [1.807, 2.05) is 30.3 Å². The second-order valence-corrected chi connectivity index (χ2v) is 6.88. The number of ether oxygens (including phenoxy) is 2. The van der Waals surface area contributed by atoms with Crippen molar-refractivity contribution < 1.29 is 27.4 Å². The second-order valence-electron chi connectivity index (χ2n) is 6.88. The molecule has 7 heteroatoms. The molecule has 1 amide bonds. The molecular weight excluding hydrogens is 371 g/mol. The van der Waals surface area contributed by atoms with Gasteiger partial charge < -0.3 is 14.4 Å². The summed E-state index contributed by atoms with van der Waals surface area (Å²) in [4.78, 5) is 14.4. The highest BCUT2D eigenvalue weighted by Gasteiger charge is 2.58. The minimum atomic E-state index is -4.80. The summed E-state index contributed by atoms with van der Waals surface area (Å²) in [5.74, 6) is -0.672. The van der Waals surface area contributed by atoms with Crippen molar-refractivity contribution in [2.24, 2.45) is 0 Å². The molecule has 1 heterocycles. The van der Waals surface area contributed by atoms with E-state index < -0.39 is 6.36 Å². The van der Waals surface area contributed by atoms with Crippen LogP contribution in [0.5, 0.6) is 5.75 Å². The monoisotopic (exact) mass is 389 g/mol. The van der Waals surface area contributed by atoms with Crippen molar-refractivity contribution in [3.63, 3.8) is 0 Å². The van der Waals surface area contributed by atoms with Gasteiger partial charge in [0.2, 0.25) is 5.91 Å². The van der Waals surface area contributed by atoms with Crippen molar-refractivity contribution in [3.05, 3.63) is 71.8 Å². The number of benzene rings is 2. The van der Waals surface area contributed by atoms with E-state index in [0.717, 1.165) is 18.4 Å². The maximum atomic E-state index is 12.8. The van der Waals surface area contributed by atoms with Crippen LogP contribution in [0.2, 0.25) is 0 Å². The number of carbonyl (C=O) groups is 1. The van der Waals surface area contributed by atoms with Gasteiger partial charge in [0.05, 0.1) is 11.6 Å². The van der Waals surface area contributed by atoms with Gasteiger partial charge in [0.25, 0.3) is 0 Å². The molecule has 0 unspecified atom stereocenters. The maximum Gasteiger partial charge on any atom is 0.573 e. The van der Waals surface area contributed by atoms with Crippen LogP contribution in [0.4, 0.5) is 13.2 Å². The molecule has 0 bridgehead atoms. The third-order valence-electron chi connectivity index (χ3n) is 4.99. The van der Waals surface area contributed by atoms with Gasteiger partial charge in [0, 0.05) is 11.6 Å². The highest BCUT2D eigenvalue weighted by molar-refractivity contribution is 5.92. The Morgan fingerprint density at radius 2 is 1.79 bits per heavy atom. The van der Waals surface area contributed by atoms with Crippen molar-refractivity contribution in [1.29, 1.82) is 0 Å². The van der Waals surface area contributed by atoms with Crippen LogP contribution in [0.1, 0.15) is 30.0 Å². The minimum absolute atomic E-state index is 0.156. The van der Waals surface area contributed by atoms with E-state index in [0.29, 0.717) is 0 Å². The molecule has 0 N–H and O–H groups in total. The molecule has 1 atom stereocenters. The summed E-state index contributed by atoms with van der Waals surface area (Å²) in [5, 5.41) is 0. The Balaban J connectivity index is 1.56. The van der Waals surface area contributed by atoms with Crippen LogP contribution in [0, 0.1) is 0 Å². The molecule has 2 aliphatic rings. The molecule has 2 fully saturated rings. The quantitative estimate of drug-likeness (QED) is 0.713. The predicted molar refractivity (Wildman–Crippen MR) is 96.1 cm³/mol.